The summed E-state index contributed by atoms with van der Waals surface area (Å²) in [7, 11) is 0. The molecule has 1 aliphatic heterocycles. The van der Waals surface area contributed by atoms with Crippen molar-refractivity contribution >= 4 is 33.4 Å². The third-order valence-electron chi connectivity index (χ3n) is 5.32. The van der Waals surface area contributed by atoms with Gasteiger partial charge >= 0.3 is 0 Å². The highest BCUT2D eigenvalue weighted by Gasteiger charge is 2.45. The molecule has 1 amide bonds. The molecule has 0 saturated carbocycles. The quantitative estimate of drug-likeness (QED) is 0.385. The van der Waals surface area contributed by atoms with Crippen LogP contribution in [0.4, 0.5) is 0 Å². The summed E-state index contributed by atoms with van der Waals surface area (Å²) in [6, 6.07) is 15.8. The maximum atomic E-state index is 12.9. The van der Waals surface area contributed by atoms with Crippen LogP contribution < -0.4 is 0 Å². The van der Waals surface area contributed by atoms with Gasteiger partial charge in [0.25, 0.3) is 11.7 Å². The summed E-state index contributed by atoms with van der Waals surface area (Å²) in [4.78, 5) is 29.6. The number of aliphatic hydroxyl groups excluding tert-OH is 1. The molecular weight excluding hydrogens is 432 g/mol. The number of likely N-dealkylation sites (N-methyl/N-ethyl adjacent to an activating group) is 1. The number of amides is 1. The summed E-state index contributed by atoms with van der Waals surface area (Å²) in [5.74, 6) is -1.35. The lowest BCUT2D eigenvalue weighted by molar-refractivity contribution is -0.140. The van der Waals surface area contributed by atoms with Crippen LogP contribution in [0.3, 0.4) is 0 Å². The first kappa shape index (κ1) is 21.3. The van der Waals surface area contributed by atoms with Gasteiger partial charge in [-0.25, -0.2) is 0 Å². The van der Waals surface area contributed by atoms with Crippen LogP contribution >= 0.6 is 15.9 Å². The lowest BCUT2D eigenvalue weighted by Gasteiger charge is -2.28. The zero-order valence-electron chi connectivity index (χ0n) is 16.6. The number of carbonyl (C=O) groups excluding carboxylic acids is 2. The number of carbonyl (C=O) groups is 2. The number of aliphatic hydroxyl groups is 1. The lowest BCUT2D eigenvalue weighted by Crippen LogP contribution is -2.38. The van der Waals surface area contributed by atoms with Gasteiger partial charge < -0.3 is 14.9 Å². The van der Waals surface area contributed by atoms with Crippen LogP contribution in [0.2, 0.25) is 0 Å². The Morgan fingerprint density at radius 2 is 1.66 bits per heavy atom. The first-order chi connectivity index (χ1) is 14.0. The molecule has 0 bridgehead atoms. The van der Waals surface area contributed by atoms with E-state index in [9.17, 15) is 14.7 Å². The first-order valence-corrected chi connectivity index (χ1v) is 10.6. The van der Waals surface area contributed by atoms with Gasteiger partial charge in [-0.2, -0.15) is 0 Å². The van der Waals surface area contributed by atoms with Gasteiger partial charge in [-0.3, -0.25) is 9.59 Å². The minimum atomic E-state index is -0.640. The number of likely N-dealkylation sites (tertiary alicyclic amines) is 1. The standard InChI is InChI=1S/C23H25BrN2O3/c1-3-25(4-2)14-15-26-20(16-8-6-5-7-9-16)19(22(28)23(26)29)21(27)17-10-12-18(24)13-11-17/h5-13,20,27H,3-4,14-15H2,1-2H3/b21-19+/t20-/m0/s1. The molecule has 3 rings (SSSR count). The number of rotatable bonds is 7. The van der Waals surface area contributed by atoms with Crippen molar-refractivity contribution in [3.8, 4) is 0 Å². The number of hydrogen-bond acceptors (Lipinski definition) is 4. The van der Waals surface area contributed by atoms with E-state index in [4.69, 9.17) is 0 Å². The van der Waals surface area contributed by atoms with Gasteiger partial charge in [-0.1, -0.05) is 72.2 Å². The highest BCUT2D eigenvalue weighted by atomic mass is 79.9. The molecule has 0 unspecified atom stereocenters. The molecule has 2 aromatic rings. The van der Waals surface area contributed by atoms with E-state index >= 15 is 0 Å². The summed E-state index contributed by atoms with van der Waals surface area (Å²) in [6.07, 6.45) is 0. The summed E-state index contributed by atoms with van der Waals surface area (Å²) in [5, 5.41) is 11.0. The Labute approximate surface area is 179 Å². The summed E-state index contributed by atoms with van der Waals surface area (Å²) < 4.78 is 0.869. The third-order valence-corrected chi connectivity index (χ3v) is 5.85. The number of halogens is 1. The van der Waals surface area contributed by atoms with Crippen molar-refractivity contribution in [2.24, 2.45) is 0 Å². The van der Waals surface area contributed by atoms with E-state index in [1.807, 2.05) is 30.3 Å². The highest BCUT2D eigenvalue weighted by molar-refractivity contribution is 9.10. The Kier molecular flexibility index (Phi) is 6.87. The molecule has 1 heterocycles. The Morgan fingerprint density at radius 3 is 2.24 bits per heavy atom. The third kappa shape index (κ3) is 4.43. The Morgan fingerprint density at radius 1 is 1.03 bits per heavy atom. The van der Waals surface area contributed by atoms with Gasteiger partial charge in [-0.15, -0.1) is 0 Å². The second-order valence-electron chi connectivity index (χ2n) is 6.94. The van der Waals surface area contributed by atoms with Crippen LogP contribution in [0.15, 0.2) is 64.6 Å². The largest absolute Gasteiger partial charge is 0.507 e. The molecule has 0 aromatic heterocycles. The van der Waals surface area contributed by atoms with Crippen LogP contribution in [0.5, 0.6) is 0 Å². The molecule has 1 atom stereocenters. The van der Waals surface area contributed by atoms with Gasteiger partial charge in [0.15, 0.2) is 0 Å². The smallest absolute Gasteiger partial charge is 0.295 e. The molecule has 1 saturated heterocycles. The summed E-state index contributed by atoms with van der Waals surface area (Å²) in [6.45, 7) is 6.97. The van der Waals surface area contributed by atoms with Crippen LogP contribution in [0, 0.1) is 0 Å². The van der Waals surface area contributed by atoms with Gasteiger partial charge in [0, 0.05) is 23.1 Å². The van der Waals surface area contributed by atoms with Gasteiger partial charge in [-0.05, 0) is 30.8 Å². The van der Waals surface area contributed by atoms with Crippen molar-refractivity contribution in [1.29, 1.82) is 0 Å². The monoisotopic (exact) mass is 456 g/mol. The normalized spacial score (nSPS) is 18.6. The van der Waals surface area contributed by atoms with E-state index in [0.717, 1.165) is 23.1 Å². The minimum absolute atomic E-state index is 0.142. The molecule has 0 aliphatic carbocycles. The molecule has 1 fully saturated rings. The topological polar surface area (TPSA) is 60.9 Å². The number of benzene rings is 2. The van der Waals surface area contributed by atoms with E-state index in [1.54, 1.807) is 29.2 Å². The van der Waals surface area contributed by atoms with Crippen LogP contribution in [0.1, 0.15) is 31.0 Å². The number of ketones is 1. The summed E-state index contributed by atoms with van der Waals surface area (Å²) in [5.41, 5.74) is 1.46. The fraction of sp³-hybridized carbons (Fsp3) is 0.304. The number of Topliss-reactive ketones (excluding diaryl/α,β-unsaturated/α-hetero) is 1. The average molecular weight is 457 g/mol. The van der Waals surface area contributed by atoms with Crippen molar-refractivity contribution in [3.63, 3.8) is 0 Å². The van der Waals surface area contributed by atoms with E-state index in [0.29, 0.717) is 18.7 Å². The van der Waals surface area contributed by atoms with E-state index < -0.39 is 17.7 Å². The molecule has 2 aromatic carbocycles. The van der Waals surface area contributed by atoms with Crippen molar-refractivity contribution in [1.82, 2.24) is 9.80 Å². The van der Waals surface area contributed by atoms with Crippen molar-refractivity contribution < 1.29 is 14.7 Å². The van der Waals surface area contributed by atoms with Crippen molar-refractivity contribution in [2.75, 3.05) is 26.2 Å². The molecule has 29 heavy (non-hydrogen) atoms. The molecule has 0 radical (unpaired) electrons. The van der Waals surface area contributed by atoms with E-state index in [1.165, 1.54) is 0 Å². The fourth-order valence-corrected chi connectivity index (χ4v) is 3.91. The van der Waals surface area contributed by atoms with Crippen LogP contribution in [0.25, 0.3) is 5.76 Å². The maximum absolute atomic E-state index is 12.9. The second kappa shape index (κ2) is 9.37. The molecule has 1 aliphatic rings. The zero-order valence-corrected chi connectivity index (χ0v) is 18.2. The molecule has 6 heteroatoms. The molecular formula is C23H25BrN2O3. The maximum Gasteiger partial charge on any atom is 0.295 e. The van der Waals surface area contributed by atoms with Gasteiger partial charge in [0.2, 0.25) is 0 Å². The van der Waals surface area contributed by atoms with Crippen LogP contribution in [-0.4, -0.2) is 52.8 Å². The first-order valence-electron chi connectivity index (χ1n) is 9.79. The van der Waals surface area contributed by atoms with E-state index in [2.05, 4.69) is 34.7 Å². The SMILES string of the molecule is CCN(CC)CCN1C(=O)C(=O)/C(=C(/O)c2ccc(Br)cc2)[C@@H]1c1ccccc1. The number of nitrogens with zero attached hydrogens (tertiary/aromatic N) is 2. The molecule has 1 N–H and O–H groups in total. The predicted molar refractivity (Wildman–Crippen MR) is 117 cm³/mol. The van der Waals surface area contributed by atoms with E-state index in [-0.39, 0.29) is 11.3 Å². The minimum Gasteiger partial charge on any atom is -0.507 e. The van der Waals surface area contributed by atoms with Crippen molar-refractivity contribution in [3.05, 3.63) is 75.8 Å². The zero-order chi connectivity index (χ0) is 21.0. The molecule has 0 spiro atoms. The van der Waals surface area contributed by atoms with Gasteiger partial charge in [0.05, 0.1) is 11.6 Å². The number of hydrogen-bond donors (Lipinski definition) is 1. The van der Waals surface area contributed by atoms with Crippen LogP contribution in [-0.2, 0) is 9.59 Å². The Bertz CT molecular complexity index is 905. The van der Waals surface area contributed by atoms with Crippen molar-refractivity contribution in [2.45, 2.75) is 19.9 Å². The van der Waals surface area contributed by atoms with Gasteiger partial charge in [0.1, 0.15) is 5.76 Å². The molecule has 5 nitrogen and oxygen atoms in total. The predicted octanol–water partition coefficient (Wildman–Crippen LogP) is 4.21. The fourth-order valence-electron chi connectivity index (χ4n) is 3.64. The summed E-state index contributed by atoms with van der Waals surface area (Å²) >= 11 is 3.37. The second-order valence-corrected chi connectivity index (χ2v) is 7.85. The Hall–Kier alpha value is -2.44. The average Bonchev–Trinajstić information content (AvgIpc) is 3.00. The molecule has 152 valence electrons. The lowest BCUT2D eigenvalue weighted by atomic mass is 9.95. The highest BCUT2D eigenvalue weighted by Crippen LogP contribution is 2.39. The Balaban J connectivity index is 2.06.